The van der Waals surface area contributed by atoms with Crippen molar-refractivity contribution < 1.29 is 19.2 Å². The minimum absolute atomic E-state index is 0.114. The van der Waals surface area contributed by atoms with Crippen LogP contribution in [-0.4, -0.2) is 65.1 Å². The van der Waals surface area contributed by atoms with E-state index in [-0.39, 0.29) is 35.6 Å². The van der Waals surface area contributed by atoms with Gasteiger partial charge in [-0.15, -0.1) is 0 Å². The topological polar surface area (TPSA) is 161 Å². The summed E-state index contributed by atoms with van der Waals surface area (Å²) < 4.78 is 0. The van der Waals surface area contributed by atoms with Crippen LogP contribution in [0.4, 0.5) is 0 Å². The molecule has 4 amide bonds. The molecule has 1 aliphatic rings. The van der Waals surface area contributed by atoms with Crippen LogP contribution in [0.3, 0.4) is 0 Å². The predicted molar refractivity (Wildman–Crippen MR) is 120 cm³/mol. The first-order valence-electron chi connectivity index (χ1n) is 10.9. The van der Waals surface area contributed by atoms with Gasteiger partial charge >= 0.3 is 0 Å². The van der Waals surface area contributed by atoms with E-state index in [0.29, 0.717) is 26.1 Å². The molecule has 0 radical (unpaired) electrons. The lowest BCUT2D eigenvalue weighted by Crippen LogP contribution is -2.50. The van der Waals surface area contributed by atoms with Crippen molar-refractivity contribution in [1.29, 1.82) is 0 Å². The Morgan fingerprint density at radius 2 is 1.47 bits per heavy atom. The van der Waals surface area contributed by atoms with Crippen molar-refractivity contribution in [3.05, 3.63) is 12.2 Å². The number of rotatable bonds is 16. The minimum atomic E-state index is -0.252. The monoisotopic (exact) mass is 454 g/mol. The van der Waals surface area contributed by atoms with Gasteiger partial charge in [0.1, 0.15) is 0 Å². The van der Waals surface area contributed by atoms with Gasteiger partial charge in [0, 0.05) is 50.2 Å². The number of carbonyl (C=O) groups excluding carboxylic acids is 4. The summed E-state index contributed by atoms with van der Waals surface area (Å²) >= 11 is 0. The molecule has 12 heteroatoms. The summed E-state index contributed by atoms with van der Waals surface area (Å²) in [5.41, 5.74) is 12.3. The fourth-order valence-electron chi connectivity index (χ4n) is 2.95. The molecular weight excluding hydrogens is 416 g/mol. The first-order chi connectivity index (χ1) is 15.1. The third kappa shape index (κ3) is 12.5. The van der Waals surface area contributed by atoms with E-state index in [4.69, 9.17) is 5.84 Å². The Balaban J connectivity index is 2.34. The van der Waals surface area contributed by atoms with Gasteiger partial charge in [-0.2, -0.15) is 11.1 Å². The van der Waals surface area contributed by atoms with Crippen LogP contribution < -0.4 is 33.2 Å². The van der Waals surface area contributed by atoms with E-state index in [1.54, 1.807) is 0 Å². The van der Waals surface area contributed by atoms with Gasteiger partial charge in [-0.05, 0) is 40.2 Å². The Bertz CT molecular complexity index is 644. The van der Waals surface area contributed by atoms with Crippen LogP contribution in [0.25, 0.3) is 0 Å². The number of hydrazine groups is 4. The van der Waals surface area contributed by atoms with E-state index in [1.165, 1.54) is 17.1 Å². The lowest BCUT2D eigenvalue weighted by molar-refractivity contribution is -0.137. The molecule has 7 N–H and O–H groups in total. The maximum Gasteiger partial charge on any atom is 0.253 e. The number of hydrogen-bond acceptors (Lipinski definition) is 9. The normalized spacial score (nSPS) is 13.8. The molecule has 32 heavy (non-hydrogen) atoms. The van der Waals surface area contributed by atoms with Gasteiger partial charge in [-0.3, -0.25) is 40.8 Å². The van der Waals surface area contributed by atoms with Crippen molar-refractivity contribution in [2.24, 2.45) is 5.84 Å². The molecule has 0 aliphatic carbocycles. The van der Waals surface area contributed by atoms with E-state index in [2.05, 4.69) is 32.2 Å². The van der Waals surface area contributed by atoms with Crippen LogP contribution in [0.2, 0.25) is 0 Å². The Hall–Kier alpha value is -2.38. The number of carbonyl (C=O) groups is 4. The van der Waals surface area contributed by atoms with Crippen molar-refractivity contribution in [3.63, 3.8) is 0 Å². The standard InChI is InChI=1S/C20H38N8O4/c1-20(2,3)24-22-16(29)10-14-27(15-11-17(30)23-26-25-21)12-6-4-5-7-13-28-18(31)8-9-19(28)32/h8-9,24-26H,4-7,10-15,21H2,1-3H3,(H,22,29)(H,23,30). The highest BCUT2D eigenvalue weighted by Crippen LogP contribution is 2.08. The number of unbranched alkanes of at least 4 members (excludes halogenated alkanes) is 3. The van der Waals surface area contributed by atoms with E-state index >= 15 is 0 Å². The molecule has 0 saturated carbocycles. The summed E-state index contributed by atoms with van der Waals surface area (Å²) in [6.07, 6.45) is 6.58. The van der Waals surface area contributed by atoms with Crippen molar-refractivity contribution in [3.8, 4) is 0 Å². The molecule has 0 atom stereocenters. The number of nitrogens with two attached hydrogens (primary N) is 1. The highest BCUT2D eigenvalue weighted by molar-refractivity contribution is 6.12. The molecule has 1 aliphatic heterocycles. The molecule has 0 aromatic carbocycles. The van der Waals surface area contributed by atoms with E-state index in [0.717, 1.165) is 32.2 Å². The highest BCUT2D eigenvalue weighted by atomic mass is 16.2. The zero-order valence-electron chi connectivity index (χ0n) is 19.3. The molecule has 0 aromatic rings. The maximum absolute atomic E-state index is 12.1. The van der Waals surface area contributed by atoms with Gasteiger partial charge < -0.3 is 4.90 Å². The van der Waals surface area contributed by atoms with Gasteiger partial charge in [0.15, 0.2) is 0 Å². The molecule has 0 unspecified atom stereocenters. The average Bonchev–Trinajstić information content (AvgIpc) is 3.05. The van der Waals surface area contributed by atoms with Crippen LogP contribution in [-0.2, 0) is 19.2 Å². The molecule has 1 rings (SSSR count). The van der Waals surface area contributed by atoms with Crippen molar-refractivity contribution in [2.75, 3.05) is 26.2 Å². The SMILES string of the molecule is CC(C)(C)NNC(=O)CCN(CCCCCCN1C(=O)C=CC1=O)CCC(=O)NNNN. The molecule has 0 aromatic heterocycles. The summed E-state index contributed by atoms with van der Waals surface area (Å²) in [6.45, 7) is 8.05. The fraction of sp³-hybridized carbons (Fsp3) is 0.700. The van der Waals surface area contributed by atoms with Crippen LogP contribution in [0, 0.1) is 0 Å². The number of hydrogen-bond donors (Lipinski definition) is 6. The zero-order chi connectivity index (χ0) is 24.0. The number of nitrogens with zero attached hydrogens (tertiary/aromatic N) is 2. The molecule has 0 saturated heterocycles. The largest absolute Gasteiger partial charge is 0.302 e. The van der Waals surface area contributed by atoms with Crippen LogP contribution in [0.15, 0.2) is 12.2 Å². The first kappa shape index (κ1) is 27.7. The van der Waals surface area contributed by atoms with Gasteiger partial charge in [-0.25, -0.2) is 5.43 Å². The lowest BCUT2D eigenvalue weighted by Gasteiger charge is -2.24. The third-order valence-electron chi connectivity index (χ3n) is 4.67. The second kappa shape index (κ2) is 14.6. The number of imide groups is 1. The quantitative estimate of drug-likeness (QED) is 0.0741. The van der Waals surface area contributed by atoms with Crippen molar-refractivity contribution >= 4 is 23.6 Å². The molecule has 182 valence electrons. The second-order valence-electron chi connectivity index (χ2n) is 8.66. The average molecular weight is 455 g/mol. The minimum Gasteiger partial charge on any atom is -0.302 e. The summed E-state index contributed by atoms with van der Waals surface area (Å²) in [5.74, 6) is 4.21. The Morgan fingerprint density at radius 1 is 0.906 bits per heavy atom. The summed E-state index contributed by atoms with van der Waals surface area (Å²) in [7, 11) is 0. The molecule has 0 spiro atoms. The van der Waals surface area contributed by atoms with E-state index in [1.807, 2.05) is 20.8 Å². The first-order valence-corrected chi connectivity index (χ1v) is 10.9. The van der Waals surface area contributed by atoms with Crippen LogP contribution >= 0.6 is 0 Å². The van der Waals surface area contributed by atoms with E-state index < -0.39 is 0 Å². The second-order valence-corrected chi connectivity index (χ2v) is 8.66. The molecule has 0 bridgehead atoms. The van der Waals surface area contributed by atoms with Crippen LogP contribution in [0.5, 0.6) is 0 Å². The predicted octanol–water partition coefficient (Wildman–Crippen LogP) is -1.03. The van der Waals surface area contributed by atoms with E-state index in [9.17, 15) is 19.2 Å². The van der Waals surface area contributed by atoms with Gasteiger partial charge in [0.05, 0.1) is 0 Å². The van der Waals surface area contributed by atoms with Gasteiger partial charge in [0.2, 0.25) is 11.8 Å². The highest BCUT2D eigenvalue weighted by Gasteiger charge is 2.22. The van der Waals surface area contributed by atoms with Crippen molar-refractivity contribution in [1.82, 2.24) is 37.1 Å². The third-order valence-corrected chi connectivity index (χ3v) is 4.67. The number of nitrogens with one attached hydrogen (secondary N) is 5. The summed E-state index contributed by atoms with van der Waals surface area (Å²) in [4.78, 5) is 50.3. The summed E-state index contributed by atoms with van der Waals surface area (Å²) in [6, 6.07) is 0. The van der Waals surface area contributed by atoms with Gasteiger partial charge in [-0.1, -0.05) is 12.8 Å². The molecule has 0 fully saturated rings. The van der Waals surface area contributed by atoms with Crippen LogP contribution in [0.1, 0.15) is 59.3 Å². The lowest BCUT2D eigenvalue weighted by atomic mass is 10.1. The molecular formula is C20H38N8O4. The Labute approximate surface area is 189 Å². The van der Waals surface area contributed by atoms with Gasteiger partial charge in [0.25, 0.3) is 11.8 Å². The molecule has 1 heterocycles. The molecule has 12 nitrogen and oxygen atoms in total. The maximum atomic E-state index is 12.1. The fourth-order valence-corrected chi connectivity index (χ4v) is 2.95. The zero-order valence-corrected chi connectivity index (χ0v) is 19.3. The summed E-state index contributed by atoms with van der Waals surface area (Å²) in [5, 5.41) is 0. The Kier molecular flexibility index (Phi) is 12.7. The van der Waals surface area contributed by atoms with Crippen molar-refractivity contribution in [2.45, 2.75) is 64.8 Å². The smallest absolute Gasteiger partial charge is 0.253 e. The number of amides is 4. The Morgan fingerprint density at radius 3 is 2.03 bits per heavy atom.